The van der Waals surface area contributed by atoms with Gasteiger partial charge in [0.1, 0.15) is 0 Å². The van der Waals surface area contributed by atoms with Gasteiger partial charge in [0.25, 0.3) is 0 Å². The lowest BCUT2D eigenvalue weighted by molar-refractivity contribution is 0.190. The summed E-state index contributed by atoms with van der Waals surface area (Å²) < 4.78 is 0. The van der Waals surface area contributed by atoms with E-state index in [1.807, 2.05) is 0 Å². The molecule has 82 valence electrons. The molecule has 14 heavy (non-hydrogen) atoms. The average Bonchev–Trinajstić information content (AvgIpc) is 2.75. The Morgan fingerprint density at radius 3 is 2.57 bits per heavy atom. The van der Waals surface area contributed by atoms with Crippen molar-refractivity contribution >= 4 is 0 Å². The number of nitrogens with zero attached hydrogens (tertiary/aromatic N) is 2. The van der Waals surface area contributed by atoms with Crippen molar-refractivity contribution in [3.8, 4) is 0 Å². The molecule has 2 aliphatic heterocycles. The van der Waals surface area contributed by atoms with Crippen molar-refractivity contribution in [2.75, 3.05) is 32.7 Å². The van der Waals surface area contributed by atoms with Crippen LogP contribution in [-0.2, 0) is 0 Å². The van der Waals surface area contributed by atoms with Crippen molar-refractivity contribution in [2.24, 2.45) is 5.73 Å². The van der Waals surface area contributed by atoms with Crippen molar-refractivity contribution < 1.29 is 0 Å². The maximum Gasteiger partial charge on any atom is 0.0195 e. The molecule has 0 saturated carbocycles. The topological polar surface area (TPSA) is 32.5 Å². The summed E-state index contributed by atoms with van der Waals surface area (Å²) in [6.45, 7) is 8.52. The molecule has 2 N–H and O–H groups in total. The maximum absolute atomic E-state index is 5.92. The summed E-state index contributed by atoms with van der Waals surface area (Å²) in [7, 11) is 0. The summed E-state index contributed by atoms with van der Waals surface area (Å²) >= 11 is 0. The van der Waals surface area contributed by atoms with Crippen molar-refractivity contribution in [1.29, 1.82) is 0 Å². The minimum atomic E-state index is 0.427. The summed E-state index contributed by atoms with van der Waals surface area (Å²) in [6, 6.07) is 1.12. The highest BCUT2D eigenvalue weighted by Gasteiger charge is 2.25. The summed E-state index contributed by atoms with van der Waals surface area (Å²) in [5.41, 5.74) is 5.92. The van der Waals surface area contributed by atoms with E-state index in [1.54, 1.807) is 0 Å². The molecule has 2 aliphatic rings. The molecule has 2 saturated heterocycles. The normalized spacial score (nSPS) is 32.6. The smallest absolute Gasteiger partial charge is 0.0195 e. The quantitative estimate of drug-likeness (QED) is 0.715. The maximum atomic E-state index is 5.92. The van der Waals surface area contributed by atoms with E-state index in [0.29, 0.717) is 12.1 Å². The van der Waals surface area contributed by atoms with E-state index in [2.05, 4.69) is 16.7 Å². The number of hydrogen-bond donors (Lipinski definition) is 1. The van der Waals surface area contributed by atoms with Gasteiger partial charge in [-0.15, -0.1) is 0 Å². The molecular weight excluding hydrogens is 174 g/mol. The fraction of sp³-hybridized carbons (Fsp3) is 1.00. The van der Waals surface area contributed by atoms with Gasteiger partial charge in [0.05, 0.1) is 0 Å². The molecule has 2 heterocycles. The van der Waals surface area contributed by atoms with Gasteiger partial charge in [-0.25, -0.2) is 0 Å². The Hall–Kier alpha value is -0.120. The van der Waals surface area contributed by atoms with Crippen LogP contribution >= 0.6 is 0 Å². The van der Waals surface area contributed by atoms with E-state index in [1.165, 1.54) is 45.4 Å². The first kappa shape index (κ1) is 10.4. The van der Waals surface area contributed by atoms with Gasteiger partial charge in [0.2, 0.25) is 0 Å². The van der Waals surface area contributed by atoms with Crippen LogP contribution in [0.25, 0.3) is 0 Å². The molecule has 3 heteroatoms. The van der Waals surface area contributed by atoms with Crippen molar-refractivity contribution in [3.63, 3.8) is 0 Å². The van der Waals surface area contributed by atoms with Crippen LogP contribution in [0.3, 0.4) is 0 Å². The third-order valence-electron chi connectivity index (χ3n) is 3.60. The SMILES string of the molecule is CC(CN1CCCC1)N1CCC(N)C1. The predicted octanol–water partition coefficient (Wildman–Crippen LogP) is 0.504. The largest absolute Gasteiger partial charge is 0.326 e. The van der Waals surface area contributed by atoms with Crippen LogP contribution in [0.1, 0.15) is 26.2 Å². The first-order valence-electron chi connectivity index (χ1n) is 5.97. The average molecular weight is 197 g/mol. The Balaban J connectivity index is 1.74. The lowest BCUT2D eigenvalue weighted by Crippen LogP contribution is -2.41. The molecule has 0 bridgehead atoms. The Kier molecular flexibility index (Phi) is 3.42. The molecule has 2 rings (SSSR count). The second kappa shape index (κ2) is 4.60. The van der Waals surface area contributed by atoms with Gasteiger partial charge in [0, 0.05) is 31.7 Å². The van der Waals surface area contributed by atoms with Crippen molar-refractivity contribution in [1.82, 2.24) is 9.80 Å². The molecular formula is C11H23N3. The molecule has 2 fully saturated rings. The highest BCUT2D eigenvalue weighted by molar-refractivity contribution is 4.83. The molecule has 0 aliphatic carbocycles. The zero-order valence-electron chi connectivity index (χ0n) is 9.28. The van der Waals surface area contributed by atoms with E-state index in [0.717, 1.165) is 6.54 Å². The monoisotopic (exact) mass is 197 g/mol. The number of nitrogens with two attached hydrogens (primary N) is 1. The van der Waals surface area contributed by atoms with Crippen LogP contribution in [0.2, 0.25) is 0 Å². The molecule has 0 aromatic heterocycles. The molecule has 3 nitrogen and oxygen atoms in total. The zero-order valence-corrected chi connectivity index (χ0v) is 9.28. The second-order valence-corrected chi connectivity index (χ2v) is 4.90. The fourth-order valence-corrected chi connectivity index (χ4v) is 2.67. The van der Waals surface area contributed by atoms with E-state index in [4.69, 9.17) is 5.73 Å². The van der Waals surface area contributed by atoms with Crippen LogP contribution in [0, 0.1) is 0 Å². The standard InChI is InChI=1S/C11H23N3/c1-10(8-13-5-2-3-6-13)14-7-4-11(12)9-14/h10-11H,2-9,12H2,1H3. The van der Waals surface area contributed by atoms with Crippen LogP contribution in [-0.4, -0.2) is 54.6 Å². The zero-order chi connectivity index (χ0) is 9.97. The third kappa shape index (κ3) is 2.47. The Labute approximate surface area is 87.2 Å². The van der Waals surface area contributed by atoms with Gasteiger partial charge in [-0.2, -0.15) is 0 Å². The summed E-state index contributed by atoms with van der Waals surface area (Å²) in [5, 5.41) is 0. The molecule has 0 aromatic rings. The first-order valence-corrected chi connectivity index (χ1v) is 5.97. The van der Waals surface area contributed by atoms with E-state index in [9.17, 15) is 0 Å². The lowest BCUT2D eigenvalue weighted by atomic mass is 10.3. The lowest BCUT2D eigenvalue weighted by Gasteiger charge is -2.28. The molecule has 0 amide bonds. The van der Waals surface area contributed by atoms with Gasteiger partial charge < -0.3 is 10.6 Å². The summed E-state index contributed by atoms with van der Waals surface area (Å²) in [6.07, 6.45) is 3.98. The van der Waals surface area contributed by atoms with Gasteiger partial charge >= 0.3 is 0 Å². The van der Waals surface area contributed by atoms with Gasteiger partial charge in [-0.1, -0.05) is 0 Å². The summed E-state index contributed by atoms with van der Waals surface area (Å²) in [5.74, 6) is 0. The van der Waals surface area contributed by atoms with Crippen LogP contribution in [0.4, 0.5) is 0 Å². The molecule has 0 radical (unpaired) electrons. The highest BCUT2D eigenvalue weighted by atomic mass is 15.2. The molecule has 2 unspecified atom stereocenters. The van der Waals surface area contributed by atoms with E-state index < -0.39 is 0 Å². The number of rotatable bonds is 3. The highest BCUT2D eigenvalue weighted by Crippen LogP contribution is 2.14. The second-order valence-electron chi connectivity index (χ2n) is 4.90. The van der Waals surface area contributed by atoms with Crippen LogP contribution in [0.5, 0.6) is 0 Å². The van der Waals surface area contributed by atoms with E-state index >= 15 is 0 Å². The minimum absolute atomic E-state index is 0.427. The third-order valence-corrected chi connectivity index (χ3v) is 3.60. The molecule has 0 spiro atoms. The first-order chi connectivity index (χ1) is 6.75. The Morgan fingerprint density at radius 2 is 2.00 bits per heavy atom. The van der Waals surface area contributed by atoms with Gasteiger partial charge in [-0.3, -0.25) is 4.90 Å². The minimum Gasteiger partial charge on any atom is -0.326 e. The summed E-state index contributed by atoms with van der Waals surface area (Å²) in [4.78, 5) is 5.14. The van der Waals surface area contributed by atoms with Crippen molar-refractivity contribution in [3.05, 3.63) is 0 Å². The number of likely N-dealkylation sites (tertiary alicyclic amines) is 2. The van der Waals surface area contributed by atoms with Crippen LogP contribution in [0.15, 0.2) is 0 Å². The predicted molar refractivity (Wildman–Crippen MR) is 59.3 cm³/mol. The number of hydrogen-bond acceptors (Lipinski definition) is 3. The van der Waals surface area contributed by atoms with Crippen molar-refractivity contribution in [2.45, 2.75) is 38.3 Å². The molecule has 2 atom stereocenters. The van der Waals surface area contributed by atoms with E-state index in [-0.39, 0.29) is 0 Å². The Morgan fingerprint density at radius 1 is 1.29 bits per heavy atom. The fourth-order valence-electron chi connectivity index (χ4n) is 2.67. The van der Waals surface area contributed by atoms with Gasteiger partial charge in [-0.05, 0) is 39.3 Å². The van der Waals surface area contributed by atoms with Crippen LogP contribution < -0.4 is 5.73 Å². The molecule has 0 aromatic carbocycles. The Bertz CT molecular complexity index is 177. The van der Waals surface area contributed by atoms with Gasteiger partial charge in [0.15, 0.2) is 0 Å².